The molecule has 1 aliphatic carbocycles. The maximum absolute atomic E-state index is 4.71. The Hall–Kier alpha value is -1.29. The van der Waals surface area contributed by atoms with Crippen molar-refractivity contribution < 1.29 is 0 Å². The lowest BCUT2D eigenvalue weighted by molar-refractivity contribution is 0.519. The molecule has 1 N–H and O–H groups in total. The Kier molecular flexibility index (Phi) is 4.10. The summed E-state index contributed by atoms with van der Waals surface area (Å²) in [6.07, 6.45) is 8.57. The third-order valence-corrected chi connectivity index (χ3v) is 5.16. The van der Waals surface area contributed by atoms with Crippen LogP contribution >= 0.6 is 11.3 Å². The highest BCUT2D eigenvalue weighted by Gasteiger charge is 2.21. The Morgan fingerprint density at radius 3 is 2.90 bits per heavy atom. The fraction of sp³-hybridized carbons (Fsp3) is 0.562. The molecule has 0 aromatic carbocycles. The molecule has 1 unspecified atom stereocenters. The van der Waals surface area contributed by atoms with Gasteiger partial charge in [0, 0.05) is 17.1 Å². The van der Waals surface area contributed by atoms with Crippen molar-refractivity contribution in [2.24, 2.45) is 0 Å². The molecule has 0 spiro atoms. The molecule has 2 aromatic heterocycles. The highest BCUT2D eigenvalue weighted by Crippen LogP contribution is 2.34. The van der Waals surface area contributed by atoms with Gasteiger partial charge in [-0.15, -0.1) is 11.3 Å². The summed E-state index contributed by atoms with van der Waals surface area (Å²) in [5.41, 5.74) is 1.11. The third-order valence-electron chi connectivity index (χ3n) is 4.17. The number of nitrogens with one attached hydrogen (secondary N) is 1. The predicted molar refractivity (Wildman–Crippen MR) is 85.4 cm³/mol. The molecule has 3 rings (SSSR count). The molecule has 1 fully saturated rings. The van der Waals surface area contributed by atoms with Crippen LogP contribution in [0.1, 0.15) is 61.7 Å². The van der Waals surface area contributed by atoms with Gasteiger partial charge >= 0.3 is 0 Å². The molecule has 0 amide bonds. The molecule has 108 valence electrons. The minimum atomic E-state index is 0.372. The van der Waals surface area contributed by atoms with E-state index in [9.17, 15) is 0 Å². The van der Waals surface area contributed by atoms with Crippen LogP contribution in [-0.4, -0.2) is 9.55 Å². The van der Waals surface area contributed by atoms with E-state index in [1.54, 1.807) is 0 Å². The quantitative estimate of drug-likeness (QED) is 0.845. The monoisotopic (exact) mass is 289 g/mol. The molecule has 1 aliphatic rings. The molecule has 20 heavy (non-hydrogen) atoms. The van der Waals surface area contributed by atoms with Crippen molar-refractivity contribution in [2.75, 3.05) is 5.32 Å². The summed E-state index contributed by atoms with van der Waals surface area (Å²) in [4.78, 5) is 6.10. The Labute approximate surface area is 125 Å². The van der Waals surface area contributed by atoms with Gasteiger partial charge in [-0.2, -0.15) is 0 Å². The van der Waals surface area contributed by atoms with Crippen LogP contribution < -0.4 is 5.32 Å². The molecule has 1 atom stereocenters. The molecule has 0 radical (unpaired) electrons. The van der Waals surface area contributed by atoms with E-state index in [2.05, 4.69) is 47.4 Å². The van der Waals surface area contributed by atoms with Gasteiger partial charge in [0.15, 0.2) is 0 Å². The number of thiophene rings is 1. The Balaban J connectivity index is 1.82. The van der Waals surface area contributed by atoms with Crippen LogP contribution in [0.2, 0.25) is 0 Å². The molecule has 3 nitrogen and oxygen atoms in total. The van der Waals surface area contributed by atoms with Crippen LogP contribution in [0.25, 0.3) is 0 Å². The van der Waals surface area contributed by atoms with Crippen molar-refractivity contribution >= 4 is 17.3 Å². The summed E-state index contributed by atoms with van der Waals surface area (Å²) in [5, 5.41) is 5.81. The van der Waals surface area contributed by atoms with Gasteiger partial charge in [-0.05, 0) is 37.6 Å². The second kappa shape index (κ2) is 6.00. The Morgan fingerprint density at radius 2 is 2.25 bits per heavy atom. The fourth-order valence-corrected chi connectivity index (χ4v) is 3.96. The zero-order chi connectivity index (χ0) is 13.9. The van der Waals surface area contributed by atoms with Gasteiger partial charge in [-0.3, -0.25) is 0 Å². The zero-order valence-corrected chi connectivity index (χ0v) is 13.1. The van der Waals surface area contributed by atoms with E-state index in [1.807, 2.05) is 11.3 Å². The highest BCUT2D eigenvalue weighted by atomic mass is 32.1. The number of hydrogen-bond donors (Lipinski definition) is 1. The minimum absolute atomic E-state index is 0.372. The standard InChI is InChI=1S/C16H23N3S/c1-3-14(15-9-6-10-20-15)18-16-17-12(2)11-19(16)13-7-4-5-8-13/h6,9-11,13-14H,3-5,7-8H2,1-2H3,(H,17,18). The van der Waals surface area contributed by atoms with Gasteiger partial charge in [0.25, 0.3) is 0 Å². The van der Waals surface area contributed by atoms with Crippen molar-refractivity contribution in [3.8, 4) is 0 Å². The normalized spacial score (nSPS) is 17.5. The van der Waals surface area contributed by atoms with Crippen molar-refractivity contribution in [1.82, 2.24) is 9.55 Å². The van der Waals surface area contributed by atoms with Crippen molar-refractivity contribution in [3.63, 3.8) is 0 Å². The average Bonchev–Trinajstić information content (AvgIpc) is 3.17. The molecule has 0 bridgehead atoms. The molecule has 0 saturated heterocycles. The van der Waals surface area contributed by atoms with Gasteiger partial charge < -0.3 is 9.88 Å². The van der Waals surface area contributed by atoms with Gasteiger partial charge in [0.2, 0.25) is 5.95 Å². The number of rotatable bonds is 5. The Morgan fingerprint density at radius 1 is 1.45 bits per heavy atom. The number of aromatic nitrogens is 2. The molecule has 2 heterocycles. The lowest BCUT2D eigenvalue weighted by atomic mass is 10.2. The molecule has 4 heteroatoms. The predicted octanol–water partition coefficient (Wildman–Crippen LogP) is 4.93. The topological polar surface area (TPSA) is 29.9 Å². The smallest absolute Gasteiger partial charge is 0.203 e. The molecular formula is C16H23N3S. The first-order valence-electron chi connectivity index (χ1n) is 7.63. The molecule has 0 aliphatic heterocycles. The summed E-state index contributed by atoms with van der Waals surface area (Å²) < 4.78 is 2.37. The van der Waals surface area contributed by atoms with Crippen LogP contribution in [0.5, 0.6) is 0 Å². The number of imidazole rings is 1. The first-order chi connectivity index (χ1) is 9.78. The summed E-state index contributed by atoms with van der Waals surface area (Å²) in [7, 11) is 0. The van der Waals surface area contributed by atoms with Crippen LogP contribution in [0.15, 0.2) is 23.7 Å². The van der Waals surface area contributed by atoms with Gasteiger partial charge in [-0.1, -0.05) is 25.8 Å². The van der Waals surface area contributed by atoms with Crippen molar-refractivity contribution in [1.29, 1.82) is 0 Å². The first kappa shape index (κ1) is 13.7. The summed E-state index contributed by atoms with van der Waals surface area (Å²) in [6.45, 7) is 4.32. The first-order valence-corrected chi connectivity index (χ1v) is 8.51. The van der Waals surface area contributed by atoms with E-state index < -0.39 is 0 Å². The van der Waals surface area contributed by atoms with Gasteiger partial charge in [0.1, 0.15) is 0 Å². The van der Waals surface area contributed by atoms with Crippen molar-refractivity contribution in [3.05, 3.63) is 34.3 Å². The van der Waals surface area contributed by atoms with E-state index in [0.29, 0.717) is 12.1 Å². The van der Waals surface area contributed by atoms with E-state index in [4.69, 9.17) is 4.98 Å². The second-order valence-corrected chi connectivity index (χ2v) is 6.65. The van der Waals surface area contributed by atoms with Crippen LogP contribution in [0.3, 0.4) is 0 Å². The average molecular weight is 289 g/mol. The second-order valence-electron chi connectivity index (χ2n) is 5.67. The largest absolute Gasteiger partial charge is 0.348 e. The highest BCUT2D eigenvalue weighted by molar-refractivity contribution is 7.10. The molecule has 2 aromatic rings. The Bertz CT molecular complexity index is 538. The number of anilines is 1. The van der Waals surface area contributed by atoms with Crippen LogP contribution in [-0.2, 0) is 0 Å². The lowest BCUT2D eigenvalue weighted by Gasteiger charge is -2.20. The van der Waals surface area contributed by atoms with Gasteiger partial charge in [0.05, 0.1) is 11.7 Å². The fourth-order valence-electron chi connectivity index (χ4n) is 3.10. The molecular weight excluding hydrogens is 266 g/mol. The molecule has 1 saturated carbocycles. The summed E-state index contributed by atoms with van der Waals surface area (Å²) >= 11 is 1.82. The SMILES string of the molecule is CCC(Nc1nc(C)cn1C1CCCC1)c1cccs1. The lowest BCUT2D eigenvalue weighted by Crippen LogP contribution is -2.14. The van der Waals surface area contributed by atoms with E-state index in [0.717, 1.165) is 18.1 Å². The van der Waals surface area contributed by atoms with Crippen molar-refractivity contribution in [2.45, 2.75) is 58.0 Å². The number of aryl methyl sites for hydroxylation is 1. The maximum Gasteiger partial charge on any atom is 0.203 e. The van der Waals surface area contributed by atoms with Gasteiger partial charge in [-0.25, -0.2) is 4.98 Å². The number of hydrogen-bond acceptors (Lipinski definition) is 3. The van der Waals surface area contributed by atoms with Crippen LogP contribution in [0, 0.1) is 6.92 Å². The van der Waals surface area contributed by atoms with E-state index in [1.165, 1.54) is 30.6 Å². The third kappa shape index (κ3) is 2.75. The van der Waals surface area contributed by atoms with E-state index in [-0.39, 0.29) is 0 Å². The van der Waals surface area contributed by atoms with Crippen LogP contribution in [0.4, 0.5) is 5.95 Å². The maximum atomic E-state index is 4.71. The summed E-state index contributed by atoms with van der Waals surface area (Å²) in [6, 6.07) is 5.34. The number of nitrogens with zero attached hydrogens (tertiary/aromatic N) is 2. The summed E-state index contributed by atoms with van der Waals surface area (Å²) in [5.74, 6) is 1.05. The zero-order valence-electron chi connectivity index (χ0n) is 12.3. The minimum Gasteiger partial charge on any atom is -0.348 e. The van der Waals surface area contributed by atoms with E-state index >= 15 is 0 Å².